The Labute approximate surface area is 328 Å². The Hall–Kier alpha value is -4.61. The van der Waals surface area contributed by atoms with Crippen LogP contribution in [0.15, 0.2) is 46.6 Å². The summed E-state index contributed by atoms with van der Waals surface area (Å²) in [6.45, 7) is 7.53. The first-order chi connectivity index (χ1) is 26.7. The number of ether oxygens (including phenoxy) is 1. The molecule has 0 bridgehead atoms. The number of aliphatic carboxylic acids is 2. The highest BCUT2D eigenvalue weighted by Crippen LogP contribution is 2.33. The molecule has 312 valence electrons. The molecule has 2 aliphatic rings. The molecule has 57 heavy (non-hydrogen) atoms. The fraction of sp³-hybridized carbons (Fsp3) is 0.457. The molecule has 2 aliphatic heterocycles. The number of carbonyl (C=O) groups excluding carboxylic acids is 1. The number of nitrogens with zero attached hydrogens (tertiary/aromatic N) is 3. The second kappa shape index (κ2) is 19.2. The number of phenolic OH excluding ortho intramolecular Hbond substituents is 1. The smallest absolute Gasteiger partial charge is 0.490 e. The van der Waals surface area contributed by atoms with Crippen molar-refractivity contribution in [2.24, 2.45) is 0 Å². The number of likely N-dealkylation sites (tertiary alicyclic amines) is 1. The van der Waals surface area contributed by atoms with Gasteiger partial charge < -0.3 is 40.4 Å². The minimum absolute atomic E-state index is 0.00519. The number of thiazole rings is 2. The van der Waals surface area contributed by atoms with Gasteiger partial charge in [0, 0.05) is 43.7 Å². The zero-order chi connectivity index (χ0) is 42.1. The lowest BCUT2D eigenvalue weighted by atomic mass is 9.89. The number of aliphatic hydroxyl groups is 1. The number of aromatic amines is 1. The molecule has 1 amide bonds. The van der Waals surface area contributed by atoms with Gasteiger partial charge in [-0.15, -0.1) is 11.3 Å². The maximum Gasteiger partial charge on any atom is 0.490 e. The topological polar surface area (TPSA) is 206 Å². The Morgan fingerprint density at radius 3 is 2.14 bits per heavy atom. The fourth-order valence-corrected chi connectivity index (χ4v) is 7.52. The van der Waals surface area contributed by atoms with Gasteiger partial charge in [-0.2, -0.15) is 26.3 Å². The number of hydrogen-bond donors (Lipinski definition) is 6. The summed E-state index contributed by atoms with van der Waals surface area (Å²) in [5, 5.41) is 41.0. The molecule has 0 unspecified atom stereocenters. The molecule has 0 radical (unpaired) electrons. The van der Waals surface area contributed by atoms with Crippen LogP contribution in [0.2, 0.25) is 0 Å². The van der Waals surface area contributed by atoms with Gasteiger partial charge in [-0.3, -0.25) is 14.5 Å². The largest absolute Gasteiger partial charge is 0.506 e. The summed E-state index contributed by atoms with van der Waals surface area (Å²) >= 11 is 2.50. The number of carboxylic acid groups (broad SMARTS) is 2. The number of hydrogen-bond acceptors (Lipinski definition) is 12. The van der Waals surface area contributed by atoms with Gasteiger partial charge >= 0.3 is 29.2 Å². The summed E-state index contributed by atoms with van der Waals surface area (Å²) in [4.78, 5) is 53.6. The van der Waals surface area contributed by atoms with E-state index in [1.165, 1.54) is 28.5 Å². The van der Waals surface area contributed by atoms with Crippen molar-refractivity contribution < 1.29 is 65.9 Å². The quantitative estimate of drug-likeness (QED) is 0.100. The average Bonchev–Trinajstić information content (AvgIpc) is 3.77. The number of phenols is 1. The van der Waals surface area contributed by atoms with Crippen LogP contribution in [0, 0.1) is 6.92 Å². The van der Waals surface area contributed by atoms with Crippen molar-refractivity contribution in [3.63, 3.8) is 0 Å². The first-order valence-electron chi connectivity index (χ1n) is 17.2. The van der Waals surface area contributed by atoms with Crippen LogP contribution in [0.3, 0.4) is 0 Å². The van der Waals surface area contributed by atoms with Crippen LogP contribution in [0.25, 0.3) is 10.2 Å². The molecule has 2 fully saturated rings. The van der Waals surface area contributed by atoms with Crippen molar-refractivity contribution in [2.45, 2.75) is 56.8 Å². The summed E-state index contributed by atoms with van der Waals surface area (Å²) in [7, 11) is 0. The Morgan fingerprint density at radius 2 is 1.58 bits per heavy atom. The molecule has 1 spiro atoms. The minimum atomic E-state index is -5.08. The molecule has 2 aromatic carbocycles. The molecule has 22 heteroatoms. The number of morpholine rings is 1. The number of aromatic hydroxyl groups is 1. The summed E-state index contributed by atoms with van der Waals surface area (Å²) in [6, 6.07) is 11.8. The van der Waals surface area contributed by atoms with Crippen LogP contribution >= 0.6 is 22.7 Å². The van der Waals surface area contributed by atoms with E-state index in [-0.39, 0.29) is 22.1 Å². The molecular formula is C35H39F6N5O9S2. The van der Waals surface area contributed by atoms with Gasteiger partial charge in [0.2, 0.25) is 0 Å². The van der Waals surface area contributed by atoms with Crippen molar-refractivity contribution in [1.82, 2.24) is 25.1 Å². The number of aliphatic hydroxyl groups excluding tert-OH is 1. The van der Waals surface area contributed by atoms with Crippen molar-refractivity contribution in [1.29, 1.82) is 0 Å². The van der Waals surface area contributed by atoms with E-state index in [0.29, 0.717) is 54.3 Å². The van der Waals surface area contributed by atoms with Gasteiger partial charge in [-0.05, 0) is 49.9 Å². The molecule has 4 aromatic rings. The molecule has 6 rings (SSSR count). The van der Waals surface area contributed by atoms with Gasteiger partial charge in [0.15, 0.2) is 0 Å². The van der Waals surface area contributed by atoms with Crippen LogP contribution in [0.4, 0.5) is 26.3 Å². The fourth-order valence-electron chi connectivity index (χ4n) is 6.02. The number of alkyl halides is 6. The van der Waals surface area contributed by atoms with E-state index >= 15 is 0 Å². The minimum Gasteiger partial charge on any atom is -0.506 e. The van der Waals surface area contributed by atoms with Gasteiger partial charge in [-0.25, -0.2) is 14.6 Å². The number of rotatable bonds is 9. The number of aryl methyl sites for hydroxylation is 1. The molecule has 14 nitrogen and oxygen atoms in total. The molecule has 0 aliphatic carbocycles. The standard InChI is InChI=1S/C31H37N5O5S2.2C2HF3O2/c1-20-33-24(18-42-20)29(39)36-14-15-41-31(19-36)9-12-35(13-10-31)17-22-4-2-21(3-5-22)8-11-32-16-26(38)23-6-7-25(37)27-28(23)43-30(40)34-27;2*3-2(4,5)1(6)7/h2-7,18,26,32,37-38H,8-17,19H2,1H3,(H,34,40);2*(H,6,7)/t26-;;/m0../s1. The van der Waals surface area contributed by atoms with Gasteiger partial charge in [0.1, 0.15) is 17.0 Å². The first-order valence-corrected chi connectivity index (χ1v) is 18.9. The van der Waals surface area contributed by atoms with Crippen molar-refractivity contribution in [3.05, 3.63) is 78.8 Å². The molecule has 2 aromatic heterocycles. The highest BCUT2D eigenvalue weighted by molar-refractivity contribution is 7.16. The van der Waals surface area contributed by atoms with E-state index in [2.05, 4.69) is 44.5 Å². The molecule has 0 saturated carbocycles. The van der Waals surface area contributed by atoms with E-state index in [1.807, 2.05) is 17.2 Å². The third-order valence-electron chi connectivity index (χ3n) is 8.93. The second-order valence-corrected chi connectivity index (χ2v) is 15.1. The number of piperidine rings is 1. The number of fused-ring (bicyclic) bond motifs is 1. The summed E-state index contributed by atoms with van der Waals surface area (Å²) in [6.07, 6.45) is -8.32. The number of amides is 1. The average molecular weight is 852 g/mol. The van der Waals surface area contributed by atoms with E-state index in [1.54, 1.807) is 6.07 Å². The Kier molecular flexibility index (Phi) is 15.2. The number of carboxylic acids is 2. The van der Waals surface area contributed by atoms with E-state index in [0.717, 1.165) is 55.2 Å². The Morgan fingerprint density at radius 1 is 0.982 bits per heavy atom. The lowest BCUT2D eigenvalue weighted by molar-refractivity contribution is -0.193. The number of aromatic nitrogens is 2. The third-order valence-corrected chi connectivity index (χ3v) is 10.6. The maximum atomic E-state index is 13.0. The predicted octanol–water partition coefficient (Wildman–Crippen LogP) is 4.70. The van der Waals surface area contributed by atoms with Crippen LogP contribution in [0.5, 0.6) is 5.75 Å². The summed E-state index contributed by atoms with van der Waals surface area (Å²) < 4.78 is 70.3. The van der Waals surface area contributed by atoms with E-state index in [4.69, 9.17) is 24.5 Å². The van der Waals surface area contributed by atoms with Crippen LogP contribution in [-0.4, -0.2) is 122 Å². The first kappa shape index (κ1) is 45.1. The molecule has 6 N–H and O–H groups in total. The number of nitrogens with one attached hydrogen (secondary N) is 2. The SMILES string of the molecule is Cc1nc(C(=O)N2CCOC3(CCN(Cc4ccc(CCNC[C@H](O)c5ccc(O)c6[nH]c(=O)sc56)cc4)CC3)C2)cs1.O=C(O)C(F)(F)F.O=C(O)C(F)(F)F. The Bertz CT molecular complexity index is 2020. The lowest BCUT2D eigenvalue weighted by Crippen LogP contribution is -2.58. The summed E-state index contributed by atoms with van der Waals surface area (Å²) in [5.41, 5.74) is 3.76. The molecular weight excluding hydrogens is 813 g/mol. The molecule has 1 atom stereocenters. The number of halogens is 6. The normalized spacial score (nSPS) is 16.3. The van der Waals surface area contributed by atoms with E-state index in [9.17, 15) is 46.1 Å². The van der Waals surface area contributed by atoms with Crippen molar-refractivity contribution in [3.8, 4) is 5.75 Å². The number of carbonyl (C=O) groups is 3. The predicted molar refractivity (Wildman–Crippen MR) is 195 cm³/mol. The lowest BCUT2D eigenvalue weighted by Gasteiger charge is -2.47. The highest BCUT2D eigenvalue weighted by Gasteiger charge is 2.42. The monoisotopic (exact) mass is 851 g/mol. The van der Waals surface area contributed by atoms with Gasteiger partial charge in [0.05, 0.1) is 34.6 Å². The van der Waals surface area contributed by atoms with Crippen LogP contribution in [0.1, 0.15) is 51.1 Å². The van der Waals surface area contributed by atoms with Crippen LogP contribution < -0.4 is 10.2 Å². The molecule has 2 saturated heterocycles. The second-order valence-electron chi connectivity index (χ2n) is 13.1. The van der Waals surface area contributed by atoms with Crippen molar-refractivity contribution >= 4 is 50.7 Å². The highest BCUT2D eigenvalue weighted by atomic mass is 32.1. The Balaban J connectivity index is 0.000000440. The van der Waals surface area contributed by atoms with Crippen LogP contribution in [-0.2, 0) is 27.3 Å². The zero-order valence-corrected chi connectivity index (χ0v) is 31.8. The van der Waals surface area contributed by atoms with Gasteiger partial charge in [0.25, 0.3) is 5.91 Å². The number of H-pyrrole nitrogens is 1. The van der Waals surface area contributed by atoms with Crippen molar-refractivity contribution in [2.75, 3.05) is 45.9 Å². The zero-order valence-electron chi connectivity index (χ0n) is 30.2. The summed E-state index contributed by atoms with van der Waals surface area (Å²) in [5.74, 6) is -5.50. The van der Waals surface area contributed by atoms with Gasteiger partial charge in [-0.1, -0.05) is 41.7 Å². The number of benzene rings is 2. The molecule has 4 heterocycles. The third kappa shape index (κ3) is 12.9. The maximum absolute atomic E-state index is 13.0. The van der Waals surface area contributed by atoms with E-state index < -0.39 is 30.4 Å².